The lowest BCUT2D eigenvalue weighted by Crippen LogP contribution is -2.14. The quantitative estimate of drug-likeness (QED) is 0.735. The summed E-state index contributed by atoms with van der Waals surface area (Å²) in [6, 6.07) is 1.57. The van der Waals surface area contributed by atoms with E-state index in [2.05, 4.69) is 20.2 Å². The first-order valence-electron chi connectivity index (χ1n) is 5.19. The molecule has 0 saturated heterocycles. The molecule has 0 aliphatic heterocycles. The molecule has 0 bridgehead atoms. The molecule has 0 saturated carbocycles. The van der Waals surface area contributed by atoms with Gasteiger partial charge in [-0.3, -0.25) is 14.3 Å². The van der Waals surface area contributed by atoms with Crippen LogP contribution in [0, 0.1) is 6.92 Å². The maximum absolute atomic E-state index is 11.9. The number of nitrogens with zero attached hydrogens (tertiary/aromatic N) is 4. The van der Waals surface area contributed by atoms with Crippen molar-refractivity contribution in [1.29, 1.82) is 0 Å². The average Bonchev–Trinajstić information content (AvgIpc) is 2.97. The van der Waals surface area contributed by atoms with Crippen LogP contribution in [0.4, 0.5) is 0 Å². The Kier molecular flexibility index (Phi) is 2.88. The summed E-state index contributed by atoms with van der Waals surface area (Å²) < 4.78 is 1.62. The largest absolute Gasteiger partial charge is 0.269 e. The minimum absolute atomic E-state index is 0.0353. The van der Waals surface area contributed by atoms with E-state index in [0.29, 0.717) is 5.75 Å². The molecule has 0 aromatic carbocycles. The summed E-state index contributed by atoms with van der Waals surface area (Å²) in [5, 5.41) is 9.17. The van der Waals surface area contributed by atoms with Crippen molar-refractivity contribution in [3.05, 3.63) is 39.5 Å². The fourth-order valence-corrected chi connectivity index (χ4v) is 3.14. The number of aromatic nitrogens is 5. The highest BCUT2D eigenvalue weighted by atomic mass is 32.2. The molecule has 0 radical (unpaired) electrons. The molecule has 0 atom stereocenters. The maximum Gasteiger partial charge on any atom is 0.258 e. The highest BCUT2D eigenvalue weighted by molar-refractivity contribution is 7.98. The molecule has 0 aliphatic carbocycles. The molecular formula is C10H9N5OS2. The molecule has 0 fully saturated rings. The number of aryl methyl sites for hydroxylation is 1. The van der Waals surface area contributed by atoms with Crippen molar-refractivity contribution in [2.75, 3.05) is 0 Å². The number of rotatable bonds is 3. The number of nitrogens with one attached hydrogen (secondary N) is 1. The van der Waals surface area contributed by atoms with E-state index < -0.39 is 0 Å². The van der Waals surface area contributed by atoms with Crippen LogP contribution in [0.2, 0.25) is 0 Å². The van der Waals surface area contributed by atoms with Gasteiger partial charge in [0, 0.05) is 22.9 Å². The minimum Gasteiger partial charge on any atom is -0.269 e. The number of fused-ring (bicyclic) bond motifs is 1. The zero-order chi connectivity index (χ0) is 12.5. The topological polar surface area (TPSA) is 75.9 Å². The Hall–Kier alpha value is -1.67. The molecular weight excluding hydrogens is 270 g/mol. The lowest BCUT2D eigenvalue weighted by atomic mass is 10.4. The van der Waals surface area contributed by atoms with Crippen LogP contribution in [-0.4, -0.2) is 24.6 Å². The second kappa shape index (κ2) is 4.54. The van der Waals surface area contributed by atoms with Gasteiger partial charge in [-0.2, -0.15) is 5.10 Å². The van der Waals surface area contributed by atoms with E-state index in [1.807, 2.05) is 12.3 Å². The third kappa shape index (κ3) is 2.04. The van der Waals surface area contributed by atoms with Crippen LogP contribution in [0.25, 0.3) is 4.96 Å². The van der Waals surface area contributed by atoms with Crippen molar-refractivity contribution in [1.82, 2.24) is 24.6 Å². The Morgan fingerprint density at radius 1 is 1.56 bits per heavy atom. The SMILES string of the molecule is Cc1csc2nc(CSc3ncn[nH]3)cc(=O)n12. The fourth-order valence-electron chi connectivity index (χ4n) is 1.58. The van der Waals surface area contributed by atoms with Gasteiger partial charge in [0.1, 0.15) is 6.33 Å². The molecule has 3 aromatic rings. The molecule has 0 spiro atoms. The molecule has 1 N–H and O–H groups in total. The Balaban J connectivity index is 1.91. The summed E-state index contributed by atoms with van der Waals surface area (Å²) >= 11 is 2.94. The molecule has 0 amide bonds. The Morgan fingerprint density at radius 2 is 2.44 bits per heavy atom. The first kappa shape index (κ1) is 11.4. The van der Waals surface area contributed by atoms with E-state index >= 15 is 0 Å². The van der Waals surface area contributed by atoms with Gasteiger partial charge < -0.3 is 0 Å². The van der Waals surface area contributed by atoms with Crippen LogP contribution in [0.5, 0.6) is 0 Å². The predicted molar refractivity (Wildman–Crippen MR) is 70.0 cm³/mol. The van der Waals surface area contributed by atoms with Crippen LogP contribution in [0.3, 0.4) is 0 Å². The Bertz CT molecular complexity index is 730. The Morgan fingerprint density at radius 3 is 3.22 bits per heavy atom. The predicted octanol–water partition coefficient (Wildman–Crippen LogP) is 1.47. The second-order valence-corrected chi connectivity index (χ2v) is 5.46. The van der Waals surface area contributed by atoms with Gasteiger partial charge in [0.05, 0.1) is 5.69 Å². The molecule has 3 aromatic heterocycles. The van der Waals surface area contributed by atoms with Gasteiger partial charge >= 0.3 is 0 Å². The smallest absolute Gasteiger partial charge is 0.258 e. The summed E-state index contributed by atoms with van der Waals surface area (Å²) in [5.41, 5.74) is 1.64. The maximum atomic E-state index is 11.9. The number of H-pyrrole nitrogens is 1. The standard InChI is InChI=1S/C10H9N5OS2/c1-6-3-18-10-13-7(2-8(16)15(6)10)4-17-9-11-5-12-14-9/h2-3,5H,4H2,1H3,(H,11,12,14). The summed E-state index contributed by atoms with van der Waals surface area (Å²) in [4.78, 5) is 21.1. The number of thiazole rings is 1. The highest BCUT2D eigenvalue weighted by Gasteiger charge is 2.07. The summed E-state index contributed by atoms with van der Waals surface area (Å²) in [7, 11) is 0. The zero-order valence-electron chi connectivity index (χ0n) is 9.45. The first-order chi connectivity index (χ1) is 8.74. The van der Waals surface area contributed by atoms with E-state index in [1.165, 1.54) is 29.4 Å². The third-order valence-electron chi connectivity index (χ3n) is 2.38. The molecule has 6 nitrogen and oxygen atoms in total. The molecule has 18 heavy (non-hydrogen) atoms. The third-order valence-corrected chi connectivity index (χ3v) is 4.23. The van der Waals surface area contributed by atoms with Crippen LogP contribution < -0.4 is 5.56 Å². The number of thioether (sulfide) groups is 1. The van der Waals surface area contributed by atoms with Crippen molar-refractivity contribution in [2.45, 2.75) is 17.8 Å². The van der Waals surface area contributed by atoms with E-state index in [9.17, 15) is 4.79 Å². The molecule has 3 rings (SSSR count). The molecule has 92 valence electrons. The van der Waals surface area contributed by atoms with E-state index in [-0.39, 0.29) is 5.56 Å². The van der Waals surface area contributed by atoms with Gasteiger partial charge in [-0.15, -0.1) is 11.3 Å². The Labute approximate surface area is 110 Å². The van der Waals surface area contributed by atoms with E-state index in [1.54, 1.807) is 10.5 Å². The van der Waals surface area contributed by atoms with Crippen molar-refractivity contribution in [3.63, 3.8) is 0 Å². The monoisotopic (exact) mass is 279 g/mol. The van der Waals surface area contributed by atoms with Gasteiger partial charge in [-0.25, -0.2) is 9.97 Å². The van der Waals surface area contributed by atoms with Crippen molar-refractivity contribution < 1.29 is 0 Å². The normalized spacial score (nSPS) is 11.2. The molecule has 0 aliphatic rings. The van der Waals surface area contributed by atoms with Crippen LogP contribution >= 0.6 is 23.1 Å². The van der Waals surface area contributed by atoms with Crippen LogP contribution in [0.15, 0.2) is 27.7 Å². The van der Waals surface area contributed by atoms with Crippen molar-refractivity contribution >= 4 is 28.1 Å². The van der Waals surface area contributed by atoms with Gasteiger partial charge in [-0.1, -0.05) is 11.8 Å². The van der Waals surface area contributed by atoms with Gasteiger partial charge in [0.25, 0.3) is 5.56 Å². The number of aromatic amines is 1. The molecule has 8 heteroatoms. The summed E-state index contributed by atoms with van der Waals surface area (Å²) in [6.07, 6.45) is 1.45. The summed E-state index contributed by atoms with van der Waals surface area (Å²) in [6.45, 7) is 1.90. The zero-order valence-corrected chi connectivity index (χ0v) is 11.1. The van der Waals surface area contributed by atoms with Crippen LogP contribution in [-0.2, 0) is 5.75 Å². The molecule has 3 heterocycles. The fraction of sp³-hybridized carbons (Fsp3) is 0.200. The summed E-state index contributed by atoms with van der Waals surface area (Å²) in [5.74, 6) is 0.595. The first-order valence-corrected chi connectivity index (χ1v) is 7.05. The molecule has 0 unspecified atom stereocenters. The van der Waals surface area contributed by atoms with E-state index in [4.69, 9.17) is 0 Å². The van der Waals surface area contributed by atoms with Crippen molar-refractivity contribution in [2.24, 2.45) is 0 Å². The van der Waals surface area contributed by atoms with E-state index in [0.717, 1.165) is 21.5 Å². The second-order valence-electron chi connectivity index (χ2n) is 3.66. The lowest BCUT2D eigenvalue weighted by molar-refractivity contribution is 0.967. The van der Waals surface area contributed by atoms with Crippen molar-refractivity contribution in [3.8, 4) is 0 Å². The van der Waals surface area contributed by atoms with Gasteiger partial charge in [-0.05, 0) is 6.92 Å². The van der Waals surface area contributed by atoms with Gasteiger partial charge in [0.15, 0.2) is 10.1 Å². The average molecular weight is 279 g/mol. The highest BCUT2D eigenvalue weighted by Crippen LogP contribution is 2.18. The minimum atomic E-state index is -0.0353. The van der Waals surface area contributed by atoms with Gasteiger partial charge in [0.2, 0.25) is 0 Å². The lowest BCUT2D eigenvalue weighted by Gasteiger charge is -1.99. The number of hydrogen-bond acceptors (Lipinski definition) is 6. The van der Waals surface area contributed by atoms with Crippen LogP contribution in [0.1, 0.15) is 11.4 Å². The number of hydrogen-bond donors (Lipinski definition) is 1.